The minimum atomic E-state index is -0.720. The first-order valence-corrected chi connectivity index (χ1v) is 11.7. The standard InChI is InChI=1S/C24H38N4O4/c1-24(2,3)28-23(30)27-20(22(29)31-4)11-13-32-19-14-16(15-19)7-9-18-10-8-17-6-5-12-25-21(17)26-18/h8,10,16,19-20H,5-7,9,11-15H2,1-4H3,(H,25,26)(H2,27,28,30). The number of aryl methyl sites for hydroxylation is 2. The van der Waals surface area contributed by atoms with E-state index in [2.05, 4.69) is 28.1 Å². The Morgan fingerprint density at radius 3 is 2.78 bits per heavy atom. The number of carbonyl (C=O) groups is 2. The lowest BCUT2D eigenvalue weighted by Crippen LogP contribution is -2.52. The van der Waals surface area contributed by atoms with Crippen LogP contribution in [0.2, 0.25) is 0 Å². The molecule has 178 valence electrons. The van der Waals surface area contributed by atoms with Gasteiger partial charge in [0.05, 0.1) is 13.2 Å². The molecule has 0 bridgehead atoms. The molecule has 1 saturated carbocycles. The first-order chi connectivity index (χ1) is 15.2. The van der Waals surface area contributed by atoms with Gasteiger partial charge in [0.15, 0.2) is 0 Å². The Bertz CT molecular complexity index is 787. The number of hydrogen-bond donors (Lipinski definition) is 3. The molecule has 0 saturated heterocycles. The number of amides is 2. The molecule has 1 fully saturated rings. The number of fused-ring (bicyclic) bond motifs is 1. The molecule has 1 unspecified atom stereocenters. The van der Waals surface area contributed by atoms with E-state index in [0.717, 1.165) is 50.2 Å². The molecule has 1 aliphatic heterocycles. The van der Waals surface area contributed by atoms with Crippen molar-refractivity contribution in [2.24, 2.45) is 5.92 Å². The number of pyridine rings is 1. The second kappa shape index (κ2) is 11.0. The monoisotopic (exact) mass is 446 g/mol. The van der Waals surface area contributed by atoms with Crippen LogP contribution in [0.5, 0.6) is 0 Å². The molecule has 1 atom stereocenters. The van der Waals surface area contributed by atoms with Gasteiger partial charge in [-0.05, 0) is 76.8 Å². The van der Waals surface area contributed by atoms with E-state index in [1.54, 1.807) is 0 Å². The summed E-state index contributed by atoms with van der Waals surface area (Å²) in [5, 5.41) is 8.88. The lowest BCUT2D eigenvalue weighted by atomic mass is 9.79. The number of carbonyl (C=O) groups excluding carboxylic acids is 2. The van der Waals surface area contributed by atoms with Gasteiger partial charge in [0.1, 0.15) is 11.9 Å². The molecule has 0 aromatic carbocycles. The maximum Gasteiger partial charge on any atom is 0.328 e. The minimum Gasteiger partial charge on any atom is -0.467 e. The molecule has 2 aliphatic rings. The average molecular weight is 447 g/mol. The normalized spacial score (nSPS) is 20.9. The Morgan fingerprint density at radius 2 is 2.06 bits per heavy atom. The highest BCUT2D eigenvalue weighted by molar-refractivity contribution is 5.83. The maximum atomic E-state index is 12.1. The lowest BCUT2D eigenvalue weighted by molar-refractivity contribution is -0.143. The fourth-order valence-electron chi connectivity index (χ4n) is 4.19. The number of urea groups is 1. The number of aromatic nitrogens is 1. The summed E-state index contributed by atoms with van der Waals surface area (Å²) in [6.45, 7) is 7.07. The number of nitrogens with zero attached hydrogens (tertiary/aromatic N) is 1. The van der Waals surface area contributed by atoms with Crippen molar-refractivity contribution < 1.29 is 19.1 Å². The van der Waals surface area contributed by atoms with Gasteiger partial charge in [-0.15, -0.1) is 0 Å². The Labute approximate surface area is 191 Å². The van der Waals surface area contributed by atoms with Crippen molar-refractivity contribution in [1.82, 2.24) is 15.6 Å². The second-order valence-electron chi connectivity index (χ2n) is 9.92. The second-order valence-corrected chi connectivity index (χ2v) is 9.92. The number of methoxy groups -OCH3 is 1. The summed E-state index contributed by atoms with van der Waals surface area (Å²) < 4.78 is 10.8. The summed E-state index contributed by atoms with van der Waals surface area (Å²) in [6.07, 6.45) is 7.07. The van der Waals surface area contributed by atoms with Crippen LogP contribution >= 0.6 is 0 Å². The van der Waals surface area contributed by atoms with Gasteiger partial charge in [0.25, 0.3) is 0 Å². The molecular formula is C24H38N4O4. The summed E-state index contributed by atoms with van der Waals surface area (Å²) in [6, 6.07) is 3.27. The lowest BCUT2D eigenvalue weighted by Gasteiger charge is -2.35. The van der Waals surface area contributed by atoms with Crippen LogP contribution in [-0.4, -0.2) is 54.9 Å². The Kier molecular flexibility index (Phi) is 8.34. The molecule has 8 heteroatoms. The topological polar surface area (TPSA) is 102 Å². The number of nitrogens with one attached hydrogen (secondary N) is 3. The van der Waals surface area contributed by atoms with Crippen molar-refractivity contribution in [2.75, 3.05) is 25.6 Å². The highest BCUT2D eigenvalue weighted by Crippen LogP contribution is 2.34. The molecule has 0 spiro atoms. The van der Waals surface area contributed by atoms with E-state index in [9.17, 15) is 9.59 Å². The molecular weight excluding hydrogens is 408 g/mol. The summed E-state index contributed by atoms with van der Waals surface area (Å²) >= 11 is 0. The van der Waals surface area contributed by atoms with E-state index >= 15 is 0 Å². The zero-order valence-corrected chi connectivity index (χ0v) is 19.8. The number of ether oxygens (including phenoxy) is 2. The molecule has 1 aromatic rings. The van der Waals surface area contributed by atoms with E-state index < -0.39 is 12.0 Å². The highest BCUT2D eigenvalue weighted by atomic mass is 16.5. The van der Waals surface area contributed by atoms with Gasteiger partial charge in [-0.2, -0.15) is 0 Å². The molecule has 3 rings (SSSR count). The number of hydrogen-bond acceptors (Lipinski definition) is 6. The Hall–Kier alpha value is -2.35. The summed E-state index contributed by atoms with van der Waals surface area (Å²) in [5.41, 5.74) is 2.10. The third kappa shape index (κ3) is 7.36. The molecule has 2 amide bonds. The van der Waals surface area contributed by atoms with Crippen molar-refractivity contribution in [3.05, 3.63) is 23.4 Å². The number of esters is 1. The van der Waals surface area contributed by atoms with Crippen molar-refractivity contribution in [3.8, 4) is 0 Å². The van der Waals surface area contributed by atoms with Crippen molar-refractivity contribution >= 4 is 17.8 Å². The summed E-state index contributed by atoms with van der Waals surface area (Å²) in [4.78, 5) is 28.9. The van der Waals surface area contributed by atoms with Gasteiger partial charge in [-0.3, -0.25) is 0 Å². The molecule has 0 radical (unpaired) electrons. The zero-order chi connectivity index (χ0) is 23.1. The van der Waals surface area contributed by atoms with Crippen LogP contribution in [0.25, 0.3) is 0 Å². The largest absolute Gasteiger partial charge is 0.467 e. The molecule has 1 aromatic heterocycles. The Balaban J connectivity index is 1.33. The van der Waals surface area contributed by atoms with Crippen LogP contribution in [0.4, 0.5) is 10.6 Å². The molecule has 2 heterocycles. The SMILES string of the molecule is COC(=O)C(CCOC1CC(CCc2ccc3c(n2)NCCC3)C1)NC(=O)NC(C)(C)C. The molecule has 3 N–H and O–H groups in total. The van der Waals surface area contributed by atoms with Gasteiger partial charge in [-0.25, -0.2) is 14.6 Å². The van der Waals surface area contributed by atoms with E-state index in [-0.39, 0.29) is 17.7 Å². The van der Waals surface area contributed by atoms with Crippen LogP contribution in [-0.2, 0) is 27.1 Å². The van der Waals surface area contributed by atoms with Gasteiger partial charge in [0, 0.05) is 30.8 Å². The maximum absolute atomic E-state index is 12.1. The Morgan fingerprint density at radius 1 is 1.28 bits per heavy atom. The van der Waals surface area contributed by atoms with Crippen LogP contribution in [0.3, 0.4) is 0 Å². The van der Waals surface area contributed by atoms with Crippen LogP contribution < -0.4 is 16.0 Å². The highest BCUT2D eigenvalue weighted by Gasteiger charge is 2.30. The van der Waals surface area contributed by atoms with Crippen molar-refractivity contribution in [3.63, 3.8) is 0 Å². The zero-order valence-electron chi connectivity index (χ0n) is 19.8. The van der Waals surface area contributed by atoms with Crippen LogP contribution in [0.1, 0.15) is 64.1 Å². The predicted molar refractivity (Wildman–Crippen MR) is 124 cm³/mol. The van der Waals surface area contributed by atoms with E-state index in [1.807, 2.05) is 20.8 Å². The fraction of sp³-hybridized carbons (Fsp3) is 0.708. The molecule has 8 nitrogen and oxygen atoms in total. The fourth-order valence-corrected chi connectivity index (χ4v) is 4.19. The van der Waals surface area contributed by atoms with E-state index in [4.69, 9.17) is 14.5 Å². The smallest absolute Gasteiger partial charge is 0.328 e. The third-order valence-corrected chi connectivity index (χ3v) is 5.99. The first kappa shape index (κ1) is 24.3. The number of rotatable bonds is 9. The summed E-state index contributed by atoms with van der Waals surface area (Å²) in [5.74, 6) is 1.25. The summed E-state index contributed by atoms with van der Waals surface area (Å²) in [7, 11) is 1.32. The van der Waals surface area contributed by atoms with Crippen molar-refractivity contribution in [2.45, 2.75) is 83.4 Å². The first-order valence-electron chi connectivity index (χ1n) is 11.7. The number of anilines is 1. The quantitative estimate of drug-likeness (QED) is 0.504. The minimum absolute atomic E-state index is 0.222. The van der Waals surface area contributed by atoms with Crippen molar-refractivity contribution in [1.29, 1.82) is 0 Å². The van der Waals surface area contributed by atoms with Crippen LogP contribution in [0, 0.1) is 5.92 Å². The van der Waals surface area contributed by atoms with Gasteiger partial charge < -0.3 is 25.4 Å². The van der Waals surface area contributed by atoms with Gasteiger partial charge in [0.2, 0.25) is 0 Å². The molecule has 32 heavy (non-hydrogen) atoms. The predicted octanol–water partition coefficient (Wildman–Crippen LogP) is 3.20. The van der Waals surface area contributed by atoms with Gasteiger partial charge in [-0.1, -0.05) is 6.07 Å². The van der Waals surface area contributed by atoms with Crippen LogP contribution in [0.15, 0.2) is 12.1 Å². The van der Waals surface area contributed by atoms with E-state index in [1.165, 1.54) is 19.1 Å². The van der Waals surface area contributed by atoms with E-state index in [0.29, 0.717) is 18.9 Å². The molecule has 1 aliphatic carbocycles. The average Bonchev–Trinajstić information content (AvgIpc) is 2.71. The van der Waals surface area contributed by atoms with Gasteiger partial charge >= 0.3 is 12.0 Å². The third-order valence-electron chi connectivity index (χ3n) is 5.99.